The van der Waals surface area contributed by atoms with Crippen molar-refractivity contribution in [3.8, 4) is 0 Å². The van der Waals surface area contributed by atoms with Gasteiger partial charge in [0.25, 0.3) is 0 Å². The van der Waals surface area contributed by atoms with Crippen molar-refractivity contribution in [2.75, 3.05) is 19.6 Å². The molecule has 2 aliphatic rings. The number of carboxylic acid groups (broad SMARTS) is 1. The molecule has 1 heterocycles. The molecule has 3 N–H and O–H groups in total. The molecule has 0 radical (unpaired) electrons. The number of hydrogen-bond acceptors (Lipinski definition) is 3. The minimum atomic E-state index is -0.734. The molecule has 0 aromatic carbocycles. The summed E-state index contributed by atoms with van der Waals surface area (Å²) in [6.45, 7) is 1.76. The molecule has 1 saturated carbocycles. The van der Waals surface area contributed by atoms with E-state index in [0.29, 0.717) is 38.4 Å². The Hall–Kier alpha value is -1.10. The van der Waals surface area contributed by atoms with Gasteiger partial charge < -0.3 is 15.7 Å². The van der Waals surface area contributed by atoms with E-state index in [1.165, 1.54) is 0 Å². The molecule has 18 heavy (non-hydrogen) atoms. The van der Waals surface area contributed by atoms with Crippen LogP contribution in [-0.2, 0) is 9.59 Å². The molecule has 102 valence electrons. The van der Waals surface area contributed by atoms with Crippen LogP contribution in [0.1, 0.15) is 32.1 Å². The second-order valence-electron chi connectivity index (χ2n) is 5.47. The van der Waals surface area contributed by atoms with Crippen molar-refractivity contribution in [1.29, 1.82) is 0 Å². The first kappa shape index (κ1) is 13.3. The Morgan fingerprint density at radius 2 is 1.83 bits per heavy atom. The highest BCUT2D eigenvalue weighted by Crippen LogP contribution is 2.33. The summed E-state index contributed by atoms with van der Waals surface area (Å²) in [6, 6.07) is 0. The third kappa shape index (κ3) is 2.66. The van der Waals surface area contributed by atoms with Crippen LogP contribution in [0.25, 0.3) is 0 Å². The minimum Gasteiger partial charge on any atom is -0.481 e. The van der Waals surface area contributed by atoms with Gasteiger partial charge in [-0.3, -0.25) is 9.59 Å². The van der Waals surface area contributed by atoms with Crippen LogP contribution in [0.2, 0.25) is 0 Å². The number of rotatable bonds is 3. The summed E-state index contributed by atoms with van der Waals surface area (Å²) in [4.78, 5) is 25.1. The van der Waals surface area contributed by atoms with Crippen molar-refractivity contribution >= 4 is 11.9 Å². The number of nitrogens with two attached hydrogens (primary N) is 1. The van der Waals surface area contributed by atoms with Crippen LogP contribution in [0, 0.1) is 17.8 Å². The van der Waals surface area contributed by atoms with E-state index < -0.39 is 5.97 Å². The van der Waals surface area contributed by atoms with E-state index in [1.807, 2.05) is 4.90 Å². The fourth-order valence-electron chi connectivity index (χ4n) is 3.23. The summed E-state index contributed by atoms with van der Waals surface area (Å²) < 4.78 is 0. The van der Waals surface area contributed by atoms with Gasteiger partial charge >= 0.3 is 5.97 Å². The number of aliphatic carboxylic acids is 1. The van der Waals surface area contributed by atoms with Crippen molar-refractivity contribution in [3.63, 3.8) is 0 Å². The van der Waals surface area contributed by atoms with Crippen LogP contribution in [-0.4, -0.2) is 41.5 Å². The van der Waals surface area contributed by atoms with Gasteiger partial charge in [0.15, 0.2) is 0 Å². The van der Waals surface area contributed by atoms with E-state index in [9.17, 15) is 9.59 Å². The van der Waals surface area contributed by atoms with Crippen LogP contribution in [0.4, 0.5) is 0 Å². The molecular weight excluding hydrogens is 232 g/mol. The first-order chi connectivity index (χ1) is 8.63. The maximum absolute atomic E-state index is 12.4. The van der Waals surface area contributed by atoms with Crippen molar-refractivity contribution in [1.82, 2.24) is 4.90 Å². The summed E-state index contributed by atoms with van der Waals surface area (Å²) >= 11 is 0. The number of hydrogen-bond donors (Lipinski definition) is 2. The van der Waals surface area contributed by atoms with Gasteiger partial charge in [0, 0.05) is 19.0 Å². The van der Waals surface area contributed by atoms with Crippen molar-refractivity contribution < 1.29 is 14.7 Å². The third-order valence-corrected chi connectivity index (χ3v) is 4.43. The first-order valence-corrected chi connectivity index (χ1v) is 6.85. The molecule has 0 bridgehead atoms. The molecular formula is C13H22N2O3. The Bertz CT molecular complexity index is 324. The van der Waals surface area contributed by atoms with Gasteiger partial charge in [-0.25, -0.2) is 0 Å². The quantitative estimate of drug-likeness (QED) is 0.776. The van der Waals surface area contributed by atoms with Gasteiger partial charge in [-0.05, 0) is 38.1 Å². The highest BCUT2D eigenvalue weighted by atomic mass is 16.4. The second-order valence-corrected chi connectivity index (χ2v) is 5.47. The molecule has 2 rings (SSSR count). The summed E-state index contributed by atoms with van der Waals surface area (Å²) in [7, 11) is 0. The van der Waals surface area contributed by atoms with Gasteiger partial charge in [-0.1, -0.05) is 6.42 Å². The average Bonchev–Trinajstić information content (AvgIpc) is 2.86. The lowest BCUT2D eigenvalue weighted by Crippen LogP contribution is -2.44. The van der Waals surface area contributed by atoms with E-state index in [2.05, 4.69) is 0 Å². The van der Waals surface area contributed by atoms with Crippen molar-refractivity contribution in [2.45, 2.75) is 32.1 Å². The van der Waals surface area contributed by atoms with Crippen LogP contribution >= 0.6 is 0 Å². The third-order valence-electron chi connectivity index (χ3n) is 4.43. The van der Waals surface area contributed by atoms with Crippen LogP contribution in [0.15, 0.2) is 0 Å². The topological polar surface area (TPSA) is 83.6 Å². The average molecular weight is 254 g/mol. The van der Waals surface area contributed by atoms with E-state index in [0.717, 1.165) is 19.3 Å². The SMILES string of the molecule is NCC1CCCC1C(=O)N1CCC(C(=O)O)CC1. The highest BCUT2D eigenvalue weighted by Gasteiger charge is 2.36. The lowest BCUT2D eigenvalue weighted by atomic mass is 9.92. The Morgan fingerprint density at radius 3 is 2.39 bits per heavy atom. The lowest BCUT2D eigenvalue weighted by molar-refractivity contribution is -0.147. The normalized spacial score (nSPS) is 29.5. The number of carbonyl (C=O) groups is 2. The molecule has 2 atom stereocenters. The predicted molar refractivity (Wildman–Crippen MR) is 66.8 cm³/mol. The fourth-order valence-corrected chi connectivity index (χ4v) is 3.23. The van der Waals surface area contributed by atoms with Crippen LogP contribution in [0.3, 0.4) is 0 Å². The molecule has 2 unspecified atom stereocenters. The molecule has 5 nitrogen and oxygen atoms in total. The van der Waals surface area contributed by atoms with E-state index in [-0.39, 0.29) is 17.7 Å². The number of piperidine rings is 1. The molecule has 0 spiro atoms. The molecule has 1 aliphatic carbocycles. The molecule has 0 aromatic heterocycles. The largest absolute Gasteiger partial charge is 0.481 e. The number of carboxylic acids is 1. The zero-order chi connectivity index (χ0) is 13.1. The second kappa shape index (κ2) is 5.69. The van der Waals surface area contributed by atoms with Gasteiger partial charge in [-0.15, -0.1) is 0 Å². The van der Waals surface area contributed by atoms with E-state index in [1.54, 1.807) is 0 Å². The summed E-state index contributed by atoms with van der Waals surface area (Å²) in [5.74, 6) is -0.399. The van der Waals surface area contributed by atoms with Crippen LogP contribution in [0.5, 0.6) is 0 Å². The Morgan fingerprint density at radius 1 is 1.17 bits per heavy atom. The van der Waals surface area contributed by atoms with Crippen LogP contribution < -0.4 is 5.73 Å². The molecule has 0 aromatic rings. The molecule has 1 amide bonds. The zero-order valence-corrected chi connectivity index (χ0v) is 10.7. The Labute approximate surface area is 107 Å². The summed E-state index contributed by atoms with van der Waals surface area (Å²) in [5, 5.41) is 8.93. The highest BCUT2D eigenvalue weighted by molar-refractivity contribution is 5.80. The minimum absolute atomic E-state index is 0.0800. The van der Waals surface area contributed by atoms with Crippen molar-refractivity contribution in [2.24, 2.45) is 23.5 Å². The van der Waals surface area contributed by atoms with Gasteiger partial charge in [-0.2, -0.15) is 0 Å². The van der Waals surface area contributed by atoms with Gasteiger partial charge in [0.2, 0.25) is 5.91 Å². The molecule has 1 saturated heterocycles. The maximum atomic E-state index is 12.4. The number of likely N-dealkylation sites (tertiary alicyclic amines) is 1. The first-order valence-electron chi connectivity index (χ1n) is 6.85. The smallest absolute Gasteiger partial charge is 0.306 e. The zero-order valence-electron chi connectivity index (χ0n) is 10.7. The fraction of sp³-hybridized carbons (Fsp3) is 0.846. The van der Waals surface area contributed by atoms with Gasteiger partial charge in [0.05, 0.1) is 5.92 Å². The number of amides is 1. The Balaban J connectivity index is 1.89. The van der Waals surface area contributed by atoms with E-state index in [4.69, 9.17) is 10.8 Å². The summed E-state index contributed by atoms with van der Waals surface area (Å²) in [5.41, 5.74) is 5.70. The Kier molecular flexibility index (Phi) is 4.22. The standard InChI is InChI=1S/C13H22N2O3/c14-8-10-2-1-3-11(10)12(16)15-6-4-9(5-7-15)13(17)18/h9-11H,1-8,14H2,(H,17,18). The number of nitrogens with zero attached hydrogens (tertiary/aromatic N) is 1. The lowest BCUT2D eigenvalue weighted by Gasteiger charge is -2.33. The maximum Gasteiger partial charge on any atom is 0.306 e. The summed E-state index contributed by atoms with van der Waals surface area (Å²) in [6.07, 6.45) is 4.25. The molecule has 2 fully saturated rings. The van der Waals surface area contributed by atoms with E-state index >= 15 is 0 Å². The van der Waals surface area contributed by atoms with Gasteiger partial charge in [0.1, 0.15) is 0 Å². The predicted octanol–water partition coefficient (Wildman–Crippen LogP) is 0.685. The number of carbonyl (C=O) groups excluding carboxylic acids is 1. The van der Waals surface area contributed by atoms with Crippen molar-refractivity contribution in [3.05, 3.63) is 0 Å². The monoisotopic (exact) mass is 254 g/mol. The molecule has 5 heteroatoms. The molecule has 1 aliphatic heterocycles.